The summed E-state index contributed by atoms with van der Waals surface area (Å²) < 4.78 is 13.3. The Morgan fingerprint density at radius 1 is 1.14 bits per heavy atom. The summed E-state index contributed by atoms with van der Waals surface area (Å²) in [5.41, 5.74) is -1.16. The standard InChI is InChI=1S/C20H22FN3O4/c1-4-20-15-14(17(26)22(3)18(15)27)13(10-23(5-2)19(20)28)24(20)16(25)11-6-8-12(21)9-7-11/h6-9,13-15H,4-5,10H2,1-3H3/t13-,14+,15-,20-/m1/s1. The molecule has 2 bridgehead atoms. The van der Waals surface area contributed by atoms with Crippen LogP contribution in [0, 0.1) is 17.7 Å². The Hall–Kier alpha value is -2.77. The van der Waals surface area contributed by atoms with E-state index in [4.69, 9.17) is 0 Å². The first kappa shape index (κ1) is 18.6. The molecule has 0 unspecified atom stereocenters. The van der Waals surface area contributed by atoms with Crippen molar-refractivity contribution in [1.82, 2.24) is 14.7 Å². The number of amides is 4. The average molecular weight is 387 g/mol. The Balaban J connectivity index is 1.89. The number of hydrogen-bond acceptors (Lipinski definition) is 4. The van der Waals surface area contributed by atoms with Gasteiger partial charge >= 0.3 is 0 Å². The number of fused-ring (bicyclic) bond motifs is 5. The van der Waals surface area contributed by atoms with Gasteiger partial charge in [0.05, 0.1) is 17.9 Å². The number of likely N-dealkylation sites (tertiary alicyclic amines) is 2. The Kier molecular flexibility index (Phi) is 4.06. The third kappa shape index (κ3) is 2.08. The minimum Gasteiger partial charge on any atom is -0.339 e. The molecule has 3 aliphatic heterocycles. The lowest BCUT2D eigenvalue weighted by Gasteiger charge is -2.49. The third-order valence-electron chi connectivity index (χ3n) is 6.56. The molecule has 3 fully saturated rings. The number of carbonyl (C=O) groups is 4. The second kappa shape index (κ2) is 6.12. The molecule has 3 heterocycles. The zero-order valence-corrected chi connectivity index (χ0v) is 16.0. The van der Waals surface area contributed by atoms with Crippen molar-refractivity contribution in [3.8, 4) is 0 Å². The Morgan fingerprint density at radius 2 is 1.79 bits per heavy atom. The number of piperazine rings is 1. The minimum atomic E-state index is -1.40. The minimum absolute atomic E-state index is 0.206. The molecule has 148 valence electrons. The van der Waals surface area contributed by atoms with Crippen LogP contribution in [0.4, 0.5) is 4.39 Å². The first-order valence-electron chi connectivity index (χ1n) is 9.49. The van der Waals surface area contributed by atoms with E-state index in [1.54, 1.807) is 11.8 Å². The molecule has 4 rings (SSSR count). The molecule has 3 saturated heterocycles. The normalized spacial score (nSPS) is 31.6. The first-order chi connectivity index (χ1) is 13.3. The summed E-state index contributed by atoms with van der Waals surface area (Å²) in [6.45, 7) is 4.24. The molecule has 4 amide bonds. The monoisotopic (exact) mass is 387 g/mol. The third-order valence-corrected chi connectivity index (χ3v) is 6.56. The van der Waals surface area contributed by atoms with E-state index in [9.17, 15) is 23.6 Å². The summed E-state index contributed by atoms with van der Waals surface area (Å²) in [5.74, 6) is -3.60. The van der Waals surface area contributed by atoms with E-state index in [-0.39, 0.29) is 30.3 Å². The number of benzene rings is 1. The van der Waals surface area contributed by atoms with Gasteiger partial charge in [0.1, 0.15) is 11.4 Å². The molecule has 0 aliphatic carbocycles. The zero-order valence-electron chi connectivity index (χ0n) is 16.0. The van der Waals surface area contributed by atoms with Gasteiger partial charge < -0.3 is 9.80 Å². The van der Waals surface area contributed by atoms with Crippen LogP contribution in [-0.2, 0) is 14.4 Å². The number of rotatable bonds is 3. The molecule has 7 nitrogen and oxygen atoms in total. The van der Waals surface area contributed by atoms with Crippen LogP contribution in [-0.4, -0.2) is 70.0 Å². The van der Waals surface area contributed by atoms with Gasteiger partial charge in [-0.25, -0.2) is 4.39 Å². The summed E-state index contributed by atoms with van der Waals surface area (Å²) >= 11 is 0. The molecule has 0 radical (unpaired) electrons. The van der Waals surface area contributed by atoms with Gasteiger partial charge in [-0.05, 0) is 37.6 Å². The number of carbonyl (C=O) groups excluding carboxylic acids is 4. The summed E-state index contributed by atoms with van der Waals surface area (Å²) in [5, 5.41) is 0. The lowest BCUT2D eigenvalue weighted by atomic mass is 9.78. The van der Waals surface area contributed by atoms with Crippen molar-refractivity contribution < 1.29 is 23.6 Å². The fourth-order valence-electron chi connectivity index (χ4n) is 5.22. The lowest BCUT2D eigenvalue weighted by molar-refractivity contribution is -0.156. The topological polar surface area (TPSA) is 78.0 Å². The van der Waals surface area contributed by atoms with Gasteiger partial charge in [0.25, 0.3) is 5.91 Å². The molecular formula is C20H22FN3O4. The molecule has 0 spiro atoms. The molecule has 0 saturated carbocycles. The smallest absolute Gasteiger partial charge is 0.255 e. The molecule has 4 atom stereocenters. The number of imide groups is 1. The lowest BCUT2D eigenvalue weighted by Crippen LogP contribution is -2.69. The van der Waals surface area contributed by atoms with Gasteiger partial charge in [0.2, 0.25) is 17.7 Å². The maximum Gasteiger partial charge on any atom is 0.255 e. The van der Waals surface area contributed by atoms with E-state index in [1.807, 2.05) is 6.92 Å². The fraction of sp³-hybridized carbons (Fsp3) is 0.500. The van der Waals surface area contributed by atoms with Crippen LogP contribution < -0.4 is 0 Å². The van der Waals surface area contributed by atoms with E-state index in [0.29, 0.717) is 6.54 Å². The summed E-state index contributed by atoms with van der Waals surface area (Å²) in [6, 6.07) is 4.51. The number of halogens is 1. The number of nitrogens with zero attached hydrogens (tertiary/aromatic N) is 3. The quantitative estimate of drug-likeness (QED) is 0.722. The second-order valence-corrected chi connectivity index (χ2v) is 7.61. The van der Waals surface area contributed by atoms with Crippen molar-refractivity contribution in [3.05, 3.63) is 35.6 Å². The zero-order chi connectivity index (χ0) is 20.4. The molecule has 28 heavy (non-hydrogen) atoms. The summed E-state index contributed by atoms with van der Waals surface area (Å²) in [6.07, 6.45) is 0.222. The fourth-order valence-corrected chi connectivity index (χ4v) is 5.22. The van der Waals surface area contributed by atoms with Gasteiger partial charge in [-0.3, -0.25) is 24.1 Å². The van der Waals surface area contributed by atoms with Crippen LogP contribution in [0.25, 0.3) is 0 Å². The van der Waals surface area contributed by atoms with Crippen molar-refractivity contribution in [2.24, 2.45) is 11.8 Å². The molecule has 1 aromatic carbocycles. The highest BCUT2D eigenvalue weighted by molar-refractivity contribution is 6.13. The summed E-state index contributed by atoms with van der Waals surface area (Å²) in [4.78, 5) is 56.8. The van der Waals surface area contributed by atoms with Crippen molar-refractivity contribution in [1.29, 1.82) is 0 Å². The van der Waals surface area contributed by atoms with E-state index < -0.39 is 41.0 Å². The highest BCUT2D eigenvalue weighted by Gasteiger charge is 2.74. The van der Waals surface area contributed by atoms with E-state index in [1.165, 1.54) is 36.2 Å². The molecular weight excluding hydrogens is 365 g/mol. The van der Waals surface area contributed by atoms with Crippen molar-refractivity contribution in [2.45, 2.75) is 31.8 Å². The average Bonchev–Trinajstić information content (AvgIpc) is 3.07. The van der Waals surface area contributed by atoms with E-state index >= 15 is 0 Å². The molecule has 1 aromatic rings. The maximum absolute atomic E-state index is 13.5. The Morgan fingerprint density at radius 3 is 2.36 bits per heavy atom. The van der Waals surface area contributed by atoms with Crippen LogP contribution in [0.1, 0.15) is 30.6 Å². The Bertz CT molecular complexity index is 886. The predicted octanol–water partition coefficient (Wildman–Crippen LogP) is 0.892. The Labute approximate surface area is 162 Å². The maximum atomic E-state index is 13.5. The highest BCUT2D eigenvalue weighted by atomic mass is 19.1. The second-order valence-electron chi connectivity index (χ2n) is 7.61. The predicted molar refractivity (Wildman–Crippen MR) is 96.4 cm³/mol. The van der Waals surface area contributed by atoms with Crippen LogP contribution in [0.2, 0.25) is 0 Å². The largest absolute Gasteiger partial charge is 0.339 e. The van der Waals surface area contributed by atoms with Gasteiger partial charge in [-0.1, -0.05) is 6.92 Å². The van der Waals surface area contributed by atoms with E-state index in [2.05, 4.69) is 0 Å². The van der Waals surface area contributed by atoms with Gasteiger partial charge in [0, 0.05) is 25.7 Å². The van der Waals surface area contributed by atoms with Crippen molar-refractivity contribution in [3.63, 3.8) is 0 Å². The SMILES string of the molecule is CCN1C[C@@H]2[C@@H]3C(=O)N(C)C(=O)[C@@H]3[C@](CC)(C1=O)N2C(=O)c1ccc(F)cc1. The first-order valence-corrected chi connectivity index (χ1v) is 9.49. The molecule has 0 N–H and O–H groups in total. The molecule has 0 aromatic heterocycles. The molecule has 3 aliphatic rings. The number of hydrogen-bond donors (Lipinski definition) is 0. The van der Waals surface area contributed by atoms with E-state index in [0.717, 1.165) is 4.90 Å². The van der Waals surface area contributed by atoms with Gasteiger partial charge in [-0.15, -0.1) is 0 Å². The highest BCUT2D eigenvalue weighted by Crippen LogP contribution is 2.53. The van der Waals surface area contributed by atoms with Crippen molar-refractivity contribution >= 4 is 23.6 Å². The van der Waals surface area contributed by atoms with Gasteiger partial charge in [-0.2, -0.15) is 0 Å². The van der Waals surface area contributed by atoms with Crippen LogP contribution in [0.15, 0.2) is 24.3 Å². The summed E-state index contributed by atoms with van der Waals surface area (Å²) in [7, 11) is 1.43. The number of likely N-dealkylation sites (N-methyl/N-ethyl adjacent to an activating group) is 1. The van der Waals surface area contributed by atoms with Gasteiger partial charge in [0.15, 0.2) is 0 Å². The van der Waals surface area contributed by atoms with Crippen LogP contribution in [0.3, 0.4) is 0 Å². The van der Waals surface area contributed by atoms with Crippen molar-refractivity contribution in [2.75, 3.05) is 20.1 Å². The van der Waals surface area contributed by atoms with Crippen LogP contribution in [0.5, 0.6) is 0 Å². The van der Waals surface area contributed by atoms with Crippen LogP contribution >= 0.6 is 0 Å². The molecule has 8 heteroatoms.